The van der Waals surface area contributed by atoms with Gasteiger partial charge in [0.15, 0.2) is 6.10 Å². The highest BCUT2D eigenvalue weighted by Gasteiger charge is 2.41. The number of aliphatic imine (C=N–C) groups is 1. The van der Waals surface area contributed by atoms with Crippen LogP contribution in [0, 0.1) is 12.8 Å². The lowest BCUT2D eigenvalue weighted by molar-refractivity contribution is -0.160. The van der Waals surface area contributed by atoms with Crippen molar-refractivity contribution in [2.24, 2.45) is 10.9 Å². The second-order valence-electron chi connectivity index (χ2n) is 11.4. The van der Waals surface area contributed by atoms with Gasteiger partial charge in [-0.25, -0.2) is 14.8 Å². The molecule has 3 heterocycles. The largest absolute Gasteiger partial charge is 0.497 e. The molecule has 40 heavy (non-hydrogen) atoms. The van der Waals surface area contributed by atoms with Gasteiger partial charge >= 0.3 is 5.97 Å². The predicted octanol–water partition coefficient (Wildman–Crippen LogP) is 5.83. The average molecular weight is 537 g/mol. The lowest BCUT2D eigenvalue weighted by Gasteiger charge is -2.39. The molecule has 2 aliphatic heterocycles. The van der Waals surface area contributed by atoms with E-state index in [0.717, 1.165) is 50.8 Å². The maximum absolute atomic E-state index is 12.8. The van der Waals surface area contributed by atoms with E-state index in [1.807, 2.05) is 64.3 Å². The first-order valence-electron chi connectivity index (χ1n) is 13.4. The molecule has 3 aromatic rings. The van der Waals surface area contributed by atoms with E-state index in [-0.39, 0.29) is 12.0 Å². The van der Waals surface area contributed by atoms with Crippen molar-refractivity contribution in [3.8, 4) is 11.1 Å². The van der Waals surface area contributed by atoms with Gasteiger partial charge in [0.25, 0.3) is 0 Å². The number of nitrogens with zero attached hydrogens (tertiary/aromatic N) is 3. The normalized spacial score (nSPS) is 20.6. The molecule has 0 saturated carbocycles. The number of aromatic nitrogens is 2. The number of fused-ring (bicyclic) bond motifs is 1. The summed E-state index contributed by atoms with van der Waals surface area (Å²) in [7, 11) is 0. The van der Waals surface area contributed by atoms with Crippen molar-refractivity contribution in [3.63, 3.8) is 0 Å². The SMILES string of the molecule is Cc1cc2cc(-c3cncnc3N)ccc2c(C2=CC=C3OCCC4=CC=NC2C43)c1C(OC(C)(C)C)C(=O)O. The maximum atomic E-state index is 12.8. The Morgan fingerprint density at radius 1 is 1.20 bits per heavy atom. The summed E-state index contributed by atoms with van der Waals surface area (Å²) in [5.74, 6) is 0.262. The van der Waals surface area contributed by atoms with Crippen molar-refractivity contribution in [2.75, 3.05) is 12.3 Å². The number of aryl methyl sites for hydroxylation is 1. The molecule has 1 fully saturated rings. The third-order valence-corrected chi connectivity index (χ3v) is 7.65. The van der Waals surface area contributed by atoms with Gasteiger partial charge < -0.3 is 20.3 Å². The van der Waals surface area contributed by atoms with Crippen LogP contribution in [-0.4, -0.2) is 45.5 Å². The van der Waals surface area contributed by atoms with Crippen molar-refractivity contribution in [1.82, 2.24) is 9.97 Å². The van der Waals surface area contributed by atoms with Crippen molar-refractivity contribution in [2.45, 2.75) is 51.9 Å². The van der Waals surface area contributed by atoms with Crippen LogP contribution in [0.4, 0.5) is 5.82 Å². The van der Waals surface area contributed by atoms with E-state index in [4.69, 9.17) is 20.2 Å². The summed E-state index contributed by atoms with van der Waals surface area (Å²) < 4.78 is 12.2. The Balaban J connectivity index is 1.63. The number of nitrogens with two attached hydrogens (primary N) is 1. The van der Waals surface area contributed by atoms with Crippen molar-refractivity contribution in [3.05, 3.63) is 83.0 Å². The van der Waals surface area contributed by atoms with Gasteiger partial charge in [-0.05, 0) is 78.9 Å². The maximum Gasteiger partial charge on any atom is 0.337 e. The molecule has 0 bridgehead atoms. The summed E-state index contributed by atoms with van der Waals surface area (Å²) >= 11 is 0. The smallest absolute Gasteiger partial charge is 0.337 e. The first-order valence-corrected chi connectivity index (χ1v) is 13.4. The summed E-state index contributed by atoms with van der Waals surface area (Å²) in [4.78, 5) is 26.0. The number of carboxylic acid groups (broad SMARTS) is 1. The Morgan fingerprint density at radius 2 is 2.02 bits per heavy atom. The highest BCUT2D eigenvalue weighted by Crippen LogP contribution is 2.47. The average Bonchev–Trinajstić information content (AvgIpc) is 2.91. The van der Waals surface area contributed by atoms with Gasteiger partial charge in [0.05, 0.1) is 24.2 Å². The molecule has 0 amide bonds. The van der Waals surface area contributed by atoms with Gasteiger partial charge in [0, 0.05) is 30.0 Å². The number of anilines is 1. The van der Waals surface area contributed by atoms with E-state index in [2.05, 4.69) is 22.1 Å². The van der Waals surface area contributed by atoms with E-state index >= 15 is 0 Å². The molecule has 3 atom stereocenters. The van der Waals surface area contributed by atoms with Crippen LogP contribution in [0.25, 0.3) is 27.5 Å². The Labute approximate surface area is 233 Å². The number of ether oxygens (including phenoxy) is 2. The minimum atomic E-state index is -1.17. The third-order valence-electron chi connectivity index (χ3n) is 7.65. The zero-order valence-corrected chi connectivity index (χ0v) is 23.0. The zero-order valence-electron chi connectivity index (χ0n) is 23.0. The fourth-order valence-corrected chi connectivity index (χ4v) is 6.02. The molecule has 3 aliphatic rings. The lowest BCUT2D eigenvalue weighted by atomic mass is 9.74. The highest BCUT2D eigenvalue weighted by molar-refractivity contribution is 6.01. The summed E-state index contributed by atoms with van der Waals surface area (Å²) in [5.41, 5.74) is 11.6. The molecule has 6 rings (SSSR count). The van der Waals surface area contributed by atoms with Gasteiger partial charge in [0.2, 0.25) is 0 Å². The van der Waals surface area contributed by atoms with Crippen LogP contribution in [0.2, 0.25) is 0 Å². The fraction of sp³-hybridized carbons (Fsp3) is 0.312. The molecule has 3 unspecified atom stereocenters. The van der Waals surface area contributed by atoms with Crippen LogP contribution in [0.1, 0.15) is 50.0 Å². The summed E-state index contributed by atoms with van der Waals surface area (Å²) in [6.45, 7) is 8.19. The van der Waals surface area contributed by atoms with Gasteiger partial charge in [0.1, 0.15) is 17.9 Å². The first-order chi connectivity index (χ1) is 19.1. The molecule has 1 saturated heterocycles. The molecule has 1 aromatic heterocycles. The van der Waals surface area contributed by atoms with Crippen LogP contribution >= 0.6 is 0 Å². The molecule has 3 N–H and O–H groups in total. The molecule has 0 radical (unpaired) electrons. The number of carbonyl (C=O) groups is 1. The highest BCUT2D eigenvalue weighted by atomic mass is 16.5. The standard InChI is InChI=1S/C32H32N4O4/c1-17-13-20-14-19(23-15-34-16-36-30(23)33)5-6-21(20)27(25(17)29(31(37)38)40-32(2,3)4)22-7-8-24-26-18(10-12-39-24)9-11-35-28(22)26/h5-9,11,13-16,26,28-29H,10,12H2,1-4H3,(H,37,38)(H2,33,34,36). The first kappa shape index (κ1) is 26.0. The van der Waals surface area contributed by atoms with E-state index in [1.165, 1.54) is 11.9 Å². The number of carboxylic acids is 1. The van der Waals surface area contributed by atoms with Crippen LogP contribution in [0.5, 0.6) is 0 Å². The Bertz CT molecular complexity index is 1660. The fourth-order valence-electron chi connectivity index (χ4n) is 6.02. The molecule has 8 heteroatoms. The number of aliphatic carboxylic acids is 1. The van der Waals surface area contributed by atoms with Crippen LogP contribution in [0.15, 0.2) is 71.3 Å². The monoisotopic (exact) mass is 536 g/mol. The second kappa shape index (κ2) is 9.71. The van der Waals surface area contributed by atoms with E-state index < -0.39 is 17.7 Å². The van der Waals surface area contributed by atoms with Crippen molar-refractivity contribution in [1.29, 1.82) is 0 Å². The van der Waals surface area contributed by atoms with Crippen molar-refractivity contribution >= 4 is 34.3 Å². The third kappa shape index (κ3) is 4.48. The molecule has 8 nitrogen and oxygen atoms in total. The van der Waals surface area contributed by atoms with Crippen molar-refractivity contribution < 1.29 is 19.4 Å². The Morgan fingerprint density at radius 3 is 2.77 bits per heavy atom. The quantitative estimate of drug-likeness (QED) is 0.421. The van der Waals surface area contributed by atoms with Crippen LogP contribution < -0.4 is 5.73 Å². The summed E-state index contributed by atoms with van der Waals surface area (Å²) in [5, 5.41) is 12.3. The number of hydrogen-bond acceptors (Lipinski definition) is 7. The van der Waals surface area contributed by atoms with Gasteiger partial charge in [-0.2, -0.15) is 0 Å². The minimum absolute atomic E-state index is 0.00508. The second-order valence-corrected chi connectivity index (χ2v) is 11.4. The van der Waals surface area contributed by atoms with Crippen LogP contribution in [-0.2, 0) is 14.3 Å². The molecular formula is C32H32N4O4. The lowest BCUT2D eigenvalue weighted by Crippen LogP contribution is -2.34. The number of allylic oxidation sites excluding steroid dienone is 3. The van der Waals surface area contributed by atoms with E-state index in [0.29, 0.717) is 18.0 Å². The molecule has 0 spiro atoms. The van der Waals surface area contributed by atoms with E-state index in [9.17, 15) is 9.90 Å². The molecular weight excluding hydrogens is 504 g/mol. The van der Waals surface area contributed by atoms with Gasteiger partial charge in [-0.3, -0.25) is 4.99 Å². The number of dihydropyridines is 1. The Kier molecular flexibility index (Phi) is 6.30. The predicted molar refractivity (Wildman–Crippen MR) is 156 cm³/mol. The Hall–Kier alpha value is -4.30. The zero-order chi connectivity index (χ0) is 28.2. The topological polar surface area (TPSA) is 120 Å². The molecule has 1 aliphatic carbocycles. The molecule has 204 valence electrons. The van der Waals surface area contributed by atoms with Gasteiger partial charge in [-0.1, -0.05) is 29.8 Å². The summed E-state index contributed by atoms with van der Waals surface area (Å²) in [6.07, 6.45) is 10.8. The van der Waals surface area contributed by atoms with E-state index in [1.54, 1.807) is 6.20 Å². The number of rotatable bonds is 5. The number of hydrogen-bond donors (Lipinski definition) is 2. The number of nitrogen functional groups attached to an aromatic ring is 1. The van der Waals surface area contributed by atoms with Gasteiger partial charge in [-0.15, -0.1) is 0 Å². The van der Waals surface area contributed by atoms with Crippen LogP contribution in [0.3, 0.4) is 0 Å². The number of benzene rings is 2. The summed E-state index contributed by atoms with van der Waals surface area (Å²) in [6, 6.07) is 7.83. The minimum Gasteiger partial charge on any atom is -0.497 e. The molecule has 2 aromatic carbocycles.